The summed E-state index contributed by atoms with van der Waals surface area (Å²) in [5.41, 5.74) is 4.39. The first-order valence-electron chi connectivity index (χ1n) is 15.7. The van der Waals surface area contributed by atoms with E-state index in [2.05, 4.69) is 14.7 Å². The lowest BCUT2D eigenvalue weighted by Crippen LogP contribution is -2.29. The number of aromatic nitrogens is 2. The number of benzene rings is 1. The van der Waals surface area contributed by atoms with Gasteiger partial charge in [-0.15, -0.1) is 12.4 Å². The van der Waals surface area contributed by atoms with Gasteiger partial charge in [0.1, 0.15) is 24.7 Å². The zero-order valence-corrected chi connectivity index (χ0v) is 30.9. The number of nitrogens with zero attached hydrogens (tertiary/aromatic N) is 3. The van der Waals surface area contributed by atoms with Gasteiger partial charge in [0.05, 0.1) is 31.4 Å². The molecule has 0 bridgehead atoms. The molecular formula is C32H40ClN5O14S. The van der Waals surface area contributed by atoms with E-state index in [0.29, 0.717) is 12.3 Å². The highest BCUT2D eigenvalue weighted by Crippen LogP contribution is 2.23. The van der Waals surface area contributed by atoms with Crippen LogP contribution in [-0.2, 0) is 29.0 Å². The van der Waals surface area contributed by atoms with Gasteiger partial charge in [0.15, 0.2) is 27.7 Å². The molecule has 0 aliphatic heterocycles. The average molecular weight is 786 g/mol. The second-order valence-electron chi connectivity index (χ2n) is 9.64. The van der Waals surface area contributed by atoms with Gasteiger partial charge in [-0.05, 0) is 33.8 Å². The summed E-state index contributed by atoms with van der Waals surface area (Å²) in [6.45, 7) is 7.28. The van der Waals surface area contributed by atoms with Crippen LogP contribution in [0.4, 0.5) is 5.69 Å². The molecule has 0 aliphatic carbocycles. The molecular weight excluding hydrogens is 746 g/mol. The van der Waals surface area contributed by atoms with Gasteiger partial charge in [0, 0.05) is 43.4 Å². The minimum absolute atomic E-state index is 0. The molecule has 1 aromatic carbocycles. The van der Waals surface area contributed by atoms with Gasteiger partial charge in [0.25, 0.3) is 5.69 Å². The molecule has 0 radical (unpaired) electrons. The summed E-state index contributed by atoms with van der Waals surface area (Å²) in [6, 6.07) is 10.2. The summed E-state index contributed by atoms with van der Waals surface area (Å²) in [6.07, 6.45) is 0. The van der Waals surface area contributed by atoms with Crippen molar-refractivity contribution >= 4 is 52.0 Å². The van der Waals surface area contributed by atoms with Crippen molar-refractivity contribution in [3.63, 3.8) is 0 Å². The van der Waals surface area contributed by atoms with Gasteiger partial charge >= 0.3 is 23.9 Å². The maximum absolute atomic E-state index is 12.4. The number of hydrogen-bond donors (Lipinski definition) is 2. The molecule has 0 unspecified atom stereocenters. The highest BCUT2D eigenvalue weighted by Gasteiger charge is 2.25. The first kappa shape index (κ1) is 45.6. The molecule has 2 heterocycles. The van der Waals surface area contributed by atoms with Crippen molar-refractivity contribution in [3.8, 4) is 11.5 Å². The van der Waals surface area contributed by atoms with Crippen LogP contribution in [0.15, 0.2) is 53.4 Å². The van der Waals surface area contributed by atoms with Crippen molar-refractivity contribution in [2.75, 3.05) is 52.7 Å². The van der Waals surface area contributed by atoms with E-state index in [0.717, 1.165) is 12.1 Å². The third-order valence-corrected chi connectivity index (χ3v) is 7.45. The van der Waals surface area contributed by atoms with E-state index in [1.165, 1.54) is 36.4 Å². The third-order valence-electron chi connectivity index (χ3n) is 5.94. The fourth-order valence-corrected chi connectivity index (χ4v) is 5.03. The van der Waals surface area contributed by atoms with Gasteiger partial charge in [0.2, 0.25) is 10.0 Å². The standard InChI is InChI=1S/C19H21N3O9S.C13H18N2O5.ClH/c1-3-29-18(23)14-11-13(12-15(21-14)19(24)30-4-2)31-10-9-20-32(27,28)17-8-6-5-7-16(17)22(25)26;1-3-18-12(16)10-7-9(20-6-5-14)8-11(15-10)13(17)19-4-2;/h5-8,11-12,20H,3-4,9-10H2,1-2H3;7-8H,3-6,14H2,1-2H3;1H. The van der Waals surface area contributed by atoms with Crippen LogP contribution < -0.4 is 19.9 Å². The highest BCUT2D eigenvalue weighted by molar-refractivity contribution is 7.89. The first-order valence-corrected chi connectivity index (χ1v) is 17.2. The van der Waals surface area contributed by atoms with Crippen LogP contribution >= 0.6 is 12.4 Å². The lowest BCUT2D eigenvalue weighted by Gasteiger charge is -2.11. The number of nitro benzene ring substituents is 1. The zero-order chi connectivity index (χ0) is 38.7. The Morgan fingerprint density at radius 2 is 1.09 bits per heavy atom. The number of carbonyl (C=O) groups is 4. The van der Waals surface area contributed by atoms with E-state index in [1.807, 2.05) is 0 Å². The molecule has 53 heavy (non-hydrogen) atoms. The summed E-state index contributed by atoms with van der Waals surface area (Å²) < 4.78 is 57.2. The number of halogens is 1. The van der Waals surface area contributed by atoms with Crippen LogP contribution in [0.25, 0.3) is 0 Å². The molecule has 19 nitrogen and oxygen atoms in total. The topological polar surface area (TPSA) is 265 Å². The Morgan fingerprint density at radius 1 is 0.717 bits per heavy atom. The van der Waals surface area contributed by atoms with Gasteiger partial charge in [-0.2, -0.15) is 0 Å². The summed E-state index contributed by atoms with van der Waals surface area (Å²) in [4.78, 5) is 65.0. The molecule has 0 saturated heterocycles. The van der Waals surface area contributed by atoms with Gasteiger partial charge < -0.3 is 34.2 Å². The summed E-state index contributed by atoms with van der Waals surface area (Å²) in [7, 11) is -4.18. The van der Waals surface area contributed by atoms with Crippen LogP contribution in [0.5, 0.6) is 11.5 Å². The lowest BCUT2D eigenvalue weighted by atomic mass is 10.2. The second-order valence-corrected chi connectivity index (χ2v) is 11.4. The number of para-hydroxylation sites is 1. The molecule has 21 heteroatoms. The Labute approximate surface area is 311 Å². The van der Waals surface area contributed by atoms with Gasteiger partial charge in [-0.25, -0.2) is 42.3 Å². The second kappa shape index (κ2) is 23.2. The maximum atomic E-state index is 12.4. The molecule has 0 saturated carbocycles. The van der Waals surface area contributed by atoms with Crippen LogP contribution in [0, 0.1) is 10.1 Å². The van der Waals surface area contributed by atoms with Crippen molar-refractivity contribution < 1.29 is 60.9 Å². The summed E-state index contributed by atoms with van der Waals surface area (Å²) in [5.74, 6) is -2.44. The van der Waals surface area contributed by atoms with Crippen molar-refractivity contribution in [3.05, 3.63) is 81.4 Å². The monoisotopic (exact) mass is 785 g/mol. The highest BCUT2D eigenvalue weighted by atomic mass is 35.5. The molecule has 290 valence electrons. The quantitative estimate of drug-likeness (QED) is 0.0617. The Bertz CT molecular complexity index is 1760. The average Bonchev–Trinajstić information content (AvgIpc) is 3.13. The first-order chi connectivity index (χ1) is 24.8. The van der Waals surface area contributed by atoms with Crippen molar-refractivity contribution in [2.45, 2.75) is 32.6 Å². The molecule has 0 spiro atoms. The predicted molar refractivity (Wildman–Crippen MR) is 188 cm³/mol. The number of hydrogen-bond acceptors (Lipinski definition) is 17. The number of nitro groups is 1. The molecule has 0 fully saturated rings. The zero-order valence-electron chi connectivity index (χ0n) is 29.2. The predicted octanol–water partition coefficient (Wildman–Crippen LogP) is 2.89. The molecule has 0 amide bonds. The van der Waals surface area contributed by atoms with Crippen molar-refractivity contribution in [2.24, 2.45) is 5.73 Å². The van der Waals surface area contributed by atoms with Crippen LogP contribution in [0.2, 0.25) is 0 Å². The minimum atomic E-state index is -4.18. The molecule has 3 aromatic rings. The van der Waals surface area contributed by atoms with Crippen molar-refractivity contribution in [1.29, 1.82) is 0 Å². The van der Waals surface area contributed by atoms with Crippen molar-refractivity contribution in [1.82, 2.24) is 14.7 Å². The summed E-state index contributed by atoms with van der Waals surface area (Å²) >= 11 is 0. The maximum Gasteiger partial charge on any atom is 0.357 e. The Kier molecular flexibility index (Phi) is 19.9. The van der Waals surface area contributed by atoms with E-state index in [4.69, 9.17) is 34.2 Å². The largest absolute Gasteiger partial charge is 0.492 e. The van der Waals surface area contributed by atoms with Gasteiger partial charge in [-0.3, -0.25) is 10.1 Å². The van der Waals surface area contributed by atoms with Crippen LogP contribution in [0.3, 0.4) is 0 Å². The van der Waals surface area contributed by atoms with E-state index >= 15 is 0 Å². The smallest absolute Gasteiger partial charge is 0.357 e. The molecule has 3 N–H and O–H groups in total. The number of rotatable bonds is 18. The lowest BCUT2D eigenvalue weighted by molar-refractivity contribution is -0.387. The molecule has 2 aromatic heterocycles. The number of carbonyl (C=O) groups excluding carboxylic acids is 4. The van der Waals surface area contributed by atoms with E-state index in [-0.39, 0.29) is 87.1 Å². The Balaban J connectivity index is 0.000000577. The number of sulfonamides is 1. The normalized spacial score (nSPS) is 10.4. The SMILES string of the molecule is CCOC(=O)c1cc(OCCN)cc(C(=O)OCC)n1.CCOC(=O)c1cc(OCCNS(=O)(=O)c2ccccc2[N+](=O)[O-])cc(C(=O)OCC)n1.Cl. The van der Waals surface area contributed by atoms with E-state index in [1.54, 1.807) is 27.7 Å². The minimum Gasteiger partial charge on any atom is -0.492 e. The Morgan fingerprint density at radius 3 is 1.45 bits per heavy atom. The number of nitrogens with one attached hydrogen (secondary N) is 1. The fourth-order valence-electron chi connectivity index (χ4n) is 3.85. The number of ether oxygens (including phenoxy) is 6. The summed E-state index contributed by atoms with van der Waals surface area (Å²) in [5, 5.41) is 11.1. The van der Waals surface area contributed by atoms with Crippen LogP contribution in [0.1, 0.15) is 69.6 Å². The van der Waals surface area contributed by atoms with Gasteiger partial charge in [-0.1, -0.05) is 12.1 Å². The number of esters is 4. The molecule has 0 aliphatic rings. The fraction of sp³-hybridized carbons (Fsp3) is 0.375. The number of nitrogens with two attached hydrogens (primary N) is 1. The molecule has 0 atom stereocenters. The third kappa shape index (κ3) is 14.6. The Hall–Kier alpha value is -5.44. The van der Waals surface area contributed by atoms with Crippen LogP contribution in [-0.4, -0.2) is 99.9 Å². The van der Waals surface area contributed by atoms with E-state index in [9.17, 15) is 37.7 Å². The van der Waals surface area contributed by atoms with E-state index < -0.39 is 49.4 Å². The molecule has 3 rings (SSSR count). The number of pyridine rings is 2.